The van der Waals surface area contributed by atoms with Crippen LogP contribution >= 0.6 is 24.8 Å². The molecule has 0 saturated carbocycles. The Morgan fingerprint density at radius 1 is 1.00 bits per heavy atom. The van der Waals surface area contributed by atoms with Gasteiger partial charge in [0.05, 0.1) is 0 Å². The lowest BCUT2D eigenvalue weighted by atomic mass is 10.1. The molecule has 0 spiro atoms. The molecule has 1 aromatic heterocycles. The Bertz CT molecular complexity index is 707. The van der Waals surface area contributed by atoms with E-state index in [2.05, 4.69) is 31.9 Å². The van der Waals surface area contributed by atoms with Gasteiger partial charge in [0, 0.05) is 50.7 Å². The lowest BCUT2D eigenvalue weighted by molar-refractivity contribution is -0.151. The number of hydrogen-bond acceptors (Lipinski definition) is 6. The molecule has 1 fully saturated rings. The molecule has 3 heterocycles. The number of nitrogens with zero attached hydrogens (tertiary/aromatic N) is 4. The quantitative estimate of drug-likeness (QED) is 0.760. The minimum absolute atomic E-state index is 0. The third-order valence-corrected chi connectivity index (χ3v) is 4.13. The van der Waals surface area contributed by atoms with Crippen LogP contribution in [0.4, 0.5) is 5.95 Å². The van der Waals surface area contributed by atoms with Gasteiger partial charge in [-0.1, -0.05) is 6.07 Å². The van der Waals surface area contributed by atoms with E-state index in [1.807, 2.05) is 18.2 Å². The van der Waals surface area contributed by atoms with Crippen LogP contribution in [0.2, 0.25) is 0 Å². The molecule has 4 rings (SSSR count). The Morgan fingerprint density at radius 2 is 1.76 bits per heavy atom. The molecule has 6 nitrogen and oxygen atoms in total. The third kappa shape index (κ3) is 4.54. The molecule has 2 aliphatic heterocycles. The molecular formula is C17H20Cl2N4O2. The van der Waals surface area contributed by atoms with Gasteiger partial charge in [0.15, 0.2) is 5.75 Å². The maximum Gasteiger partial charge on any atom is 0.225 e. The minimum Gasteiger partial charge on any atom is -0.338 e. The SMILES string of the molecule is C1=Cc2cc(CN3CCN(c4ncccn4)CC3)ccc2OO1.Cl.Cl. The van der Waals surface area contributed by atoms with Gasteiger partial charge in [-0.3, -0.25) is 14.7 Å². The van der Waals surface area contributed by atoms with E-state index in [-0.39, 0.29) is 24.8 Å². The van der Waals surface area contributed by atoms with Gasteiger partial charge in [-0.2, -0.15) is 0 Å². The topological polar surface area (TPSA) is 50.7 Å². The normalized spacial score (nSPS) is 15.9. The fraction of sp³-hybridized carbons (Fsp3) is 0.294. The fourth-order valence-corrected chi connectivity index (χ4v) is 2.90. The summed E-state index contributed by atoms with van der Waals surface area (Å²) in [5, 5.41) is 0. The Kier molecular flexibility index (Phi) is 6.87. The van der Waals surface area contributed by atoms with Crippen LogP contribution in [0.15, 0.2) is 42.9 Å². The molecule has 25 heavy (non-hydrogen) atoms. The zero-order valence-electron chi connectivity index (χ0n) is 13.6. The summed E-state index contributed by atoms with van der Waals surface area (Å²) < 4.78 is 0. The van der Waals surface area contributed by atoms with Crippen molar-refractivity contribution in [2.45, 2.75) is 6.54 Å². The van der Waals surface area contributed by atoms with Crippen LogP contribution in [0, 0.1) is 0 Å². The molecule has 1 saturated heterocycles. The van der Waals surface area contributed by atoms with E-state index in [0.29, 0.717) is 0 Å². The van der Waals surface area contributed by atoms with Crippen LogP contribution < -0.4 is 9.79 Å². The van der Waals surface area contributed by atoms with Gasteiger partial charge in [-0.05, 0) is 29.8 Å². The molecule has 2 aliphatic rings. The standard InChI is InChI=1S/C17H18N4O2.2ClH/c1-5-18-17(19-6-1)21-9-7-20(8-10-21)13-14-2-3-16-15(12-14)4-11-22-23-16;;/h1-6,11-12H,7-10,13H2;2*1H. The summed E-state index contributed by atoms with van der Waals surface area (Å²) in [6.45, 7) is 4.85. The molecule has 0 radical (unpaired) electrons. The molecule has 0 unspecified atom stereocenters. The average molecular weight is 383 g/mol. The van der Waals surface area contributed by atoms with E-state index < -0.39 is 0 Å². The van der Waals surface area contributed by atoms with Crippen molar-refractivity contribution in [1.29, 1.82) is 0 Å². The van der Waals surface area contributed by atoms with E-state index in [1.54, 1.807) is 18.7 Å². The van der Waals surface area contributed by atoms with Crippen molar-refractivity contribution in [3.63, 3.8) is 0 Å². The molecular weight excluding hydrogens is 363 g/mol. The van der Waals surface area contributed by atoms with Crippen molar-refractivity contribution >= 4 is 36.8 Å². The molecule has 1 aromatic carbocycles. The lowest BCUT2D eigenvalue weighted by Crippen LogP contribution is -2.46. The summed E-state index contributed by atoms with van der Waals surface area (Å²) in [6, 6.07) is 8.05. The van der Waals surface area contributed by atoms with E-state index in [1.165, 1.54) is 5.56 Å². The summed E-state index contributed by atoms with van der Waals surface area (Å²) in [5.74, 6) is 1.59. The first kappa shape index (κ1) is 19.3. The lowest BCUT2D eigenvalue weighted by Gasteiger charge is -2.34. The molecule has 8 heteroatoms. The highest BCUT2D eigenvalue weighted by Gasteiger charge is 2.19. The molecule has 2 aromatic rings. The van der Waals surface area contributed by atoms with E-state index in [4.69, 9.17) is 9.78 Å². The summed E-state index contributed by atoms with van der Waals surface area (Å²) in [5.41, 5.74) is 2.34. The number of aromatic nitrogens is 2. The first-order valence-corrected chi connectivity index (χ1v) is 7.76. The molecule has 134 valence electrons. The number of fused-ring (bicyclic) bond motifs is 1. The van der Waals surface area contributed by atoms with Crippen LogP contribution in [0.5, 0.6) is 5.75 Å². The molecule has 0 amide bonds. The Labute approximate surface area is 159 Å². The van der Waals surface area contributed by atoms with Crippen molar-refractivity contribution < 1.29 is 9.78 Å². The van der Waals surface area contributed by atoms with E-state index in [0.717, 1.165) is 50.0 Å². The summed E-state index contributed by atoms with van der Waals surface area (Å²) >= 11 is 0. The molecule has 0 atom stereocenters. The van der Waals surface area contributed by atoms with Crippen molar-refractivity contribution in [2.75, 3.05) is 31.1 Å². The number of anilines is 1. The summed E-state index contributed by atoms with van der Waals surface area (Å²) in [7, 11) is 0. The predicted octanol–water partition coefficient (Wildman–Crippen LogP) is 2.94. The maximum atomic E-state index is 5.11. The van der Waals surface area contributed by atoms with Gasteiger partial charge in [-0.15, -0.1) is 24.8 Å². The van der Waals surface area contributed by atoms with Crippen LogP contribution in [0.25, 0.3) is 6.08 Å². The van der Waals surface area contributed by atoms with Crippen molar-refractivity contribution in [3.8, 4) is 5.75 Å². The second-order valence-electron chi connectivity index (χ2n) is 5.67. The highest BCUT2D eigenvalue weighted by atomic mass is 35.5. The third-order valence-electron chi connectivity index (χ3n) is 4.13. The van der Waals surface area contributed by atoms with Gasteiger partial charge in [0.25, 0.3) is 0 Å². The molecule has 0 bridgehead atoms. The van der Waals surface area contributed by atoms with Gasteiger partial charge in [0.1, 0.15) is 6.26 Å². The number of halogens is 2. The van der Waals surface area contributed by atoms with Crippen molar-refractivity contribution in [2.24, 2.45) is 0 Å². The van der Waals surface area contributed by atoms with Gasteiger partial charge in [0.2, 0.25) is 5.95 Å². The monoisotopic (exact) mass is 382 g/mol. The zero-order valence-corrected chi connectivity index (χ0v) is 15.2. The number of rotatable bonds is 3. The highest BCUT2D eigenvalue weighted by Crippen LogP contribution is 2.25. The highest BCUT2D eigenvalue weighted by molar-refractivity contribution is 5.85. The minimum atomic E-state index is 0. The maximum absolute atomic E-state index is 5.11. The largest absolute Gasteiger partial charge is 0.338 e. The number of benzene rings is 1. The Hall–Kier alpha value is -2.02. The van der Waals surface area contributed by atoms with Crippen LogP contribution in [-0.2, 0) is 11.4 Å². The van der Waals surface area contributed by atoms with Crippen molar-refractivity contribution in [1.82, 2.24) is 14.9 Å². The van der Waals surface area contributed by atoms with Crippen LogP contribution in [0.3, 0.4) is 0 Å². The molecule has 0 aliphatic carbocycles. The van der Waals surface area contributed by atoms with Gasteiger partial charge < -0.3 is 4.90 Å². The number of hydrogen-bond donors (Lipinski definition) is 0. The van der Waals surface area contributed by atoms with Crippen molar-refractivity contribution in [3.05, 3.63) is 54.0 Å². The first-order valence-electron chi connectivity index (χ1n) is 7.76. The van der Waals surface area contributed by atoms with E-state index in [9.17, 15) is 0 Å². The Morgan fingerprint density at radius 3 is 2.52 bits per heavy atom. The second-order valence-corrected chi connectivity index (χ2v) is 5.67. The summed E-state index contributed by atoms with van der Waals surface area (Å²) in [4.78, 5) is 23.3. The molecule has 0 N–H and O–H groups in total. The van der Waals surface area contributed by atoms with E-state index >= 15 is 0 Å². The predicted molar refractivity (Wildman–Crippen MR) is 101 cm³/mol. The zero-order chi connectivity index (χ0) is 15.5. The number of piperazine rings is 1. The Balaban J connectivity index is 0.00000113. The fourth-order valence-electron chi connectivity index (χ4n) is 2.90. The van der Waals surface area contributed by atoms with Crippen LogP contribution in [-0.4, -0.2) is 41.0 Å². The first-order chi connectivity index (χ1) is 11.4. The van der Waals surface area contributed by atoms with Gasteiger partial charge in [-0.25, -0.2) is 9.97 Å². The van der Waals surface area contributed by atoms with Crippen LogP contribution in [0.1, 0.15) is 11.1 Å². The average Bonchev–Trinajstić information content (AvgIpc) is 2.63. The smallest absolute Gasteiger partial charge is 0.225 e. The van der Waals surface area contributed by atoms with Gasteiger partial charge >= 0.3 is 0 Å². The summed E-state index contributed by atoms with van der Waals surface area (Å²) in [6.07, 6.45) is 7.07. The second kappa shape index (κ2) is 8.89.